The number of para-hydroxylation sites is 1. The smallest absolute Gasteiger partial charge is 0.255 e. The summed E-state index contributed by atoms with van der Waals surface area (Å²) in [4.78, 5) is 12.5. The van der Waals surface area contributed by atoms with Gasteiger partial charge < -0.3 is 15.2 Å². The lowest BCUT2D eigenvalue weighted by Gasteiger charge is -2.36. The molecular formula is C17H21N3O3. The molecule has 23 heavy (non-hydrogen) atoms. The predicted octanol–water partition coefficient (Wildman–Crippen LogP) is 1.74. The van der Waals surface area contributed by atoms with Crippen molar-refractivity contribution in [1.29, 1.82) is 0 Å². The van der Waals surface area contributed by atoms with Gasteiger partial charge in [-0.3, -0.25) is 9.48 Å². The fourth-order valence-electron chi connectivity index (χ4n) is 2.80. The quantitative estimate of drug-likeness (QED) is 0.881. The molecule has 6 nitrogen and oxygen atoms in total. The van der Waals surface area contributed by atoms with Crippen molar-refractivity contribution in [2.75, 3.05) is 13.7 Å². The van der Waals surface area contributed by atoms with Crippen LogP contribution in [-0.2, 0) is 7.05 Å². The summed E-state index contributed by atoms with van der Waals surface area (Å²) in [7, 11) is 3.36. The van der Waals surface area contributed by atoms with Gasteiger partial charge in [-0.1, -0.05) is 12.1 Å². The lowest BCUT2D eigenvalue weighted by Crippen LogP contribution is -2.47. The summed E-state index contributed by atoms with van der Waals surface area (Å²) in [6, 6.07) is 7.46. The van der Waals surface area contributed by atoms with E-state index in [0.717, 1.165) is 24.8 Å². The fraction of sp³-hybridized carbons (Fsp3) is 0.412. The van der Waals surface area contributed by atoms with Crippen LogP contribution in [0.15, 0.2) is 30.5 Å². The molecule has 1 aliphatic carbocycles. The number of hydrogen-bond donors (Lipinski definition) is 2. The van der Waals surface area contributed by atoms with Crippen LogP contribution in [-0.4, -0.2) is 40.0 Å². The highest BCUT2D eigenvalue weighted by Crippen LogP contribution is 2.32. The molecule has 2 N–H and O–H groups in total. The van der Waals surface area contributed by atoms with Crippen LogP contribution in [0, 0.1) is 0 Å². The number of carbonyl (C=O) groups excluding carboxylic acids is 1. The number of benzene rings is 1. The number of nitrogens with zero attached hydrogens (tertiary/aromatic N) is 2. The Morgan fingerprint density at radius 1 is 1.43 bits per heavy atom. The molecule has 1 aliphatic rings. The van der Waals surface area contributed by atoms with Gasteiger partial charge in [0.05, 0.1) is 18.3 Å². The van der Waals surface area contributed by atoms with Crippen LogP contribution in [0.4, 0.5) is 0 Å². The molecule has 0 aliphatic heterocycles. The lowest BCUT2D eigenvalue weighted by molar-refractivity contribution is -0.0300. The number of aryl methyl sites for hydroxylation is 1. The molecule has 0 unspecified atom stereocenters. The summed E-state index contributed by atoms with van der Waals surface area (Å²) in [5.41, 5.74) is 1.06. The van der Waals surface area contributed by atoms with E-state index in [-0.39, 0.29) is 12.5 Å². The van der Waals surface area contributed by atoms with Crippen molar-refractivity contribution in [3.63, 3.8) is 0 Å². The lowest BCUT2D eigenvalue weighted by atomic mass is 9.80. The summed E-state index contributed by atoms with van der Waals surface area (Å²) < 4.78 is 6.97. The molecule has 0 saturated heterocycles. The van der Waals surface area contributed by atoms with Crippen molar-refractivity contribution in [3.8, 4) is 17.0 Å². The molecule has 1 aromatic heterocycles. The van der Waals surface area contributed by atoms with E-state index in [2.05, 4.69) is 10.4 Å². The number of aromatic nitrogens is 2. The highest BCUT2D eigenvalue weighted by atomic mass is 16.5. The number of nitrogens with one attached hydrogen (secondary N) is 1. The molecule has 1 heterocycles. The zero-order valence-corrected chi connectivity index (χ0v) is 13.4. The van der Waals surface area contributed by atoms with E-state index in [4.69, 9.17) is 4.74 Å². The van der Waals surface area contributed by atoms with Crippen molar-refractivity contribution in [3.05, 3.63) is 36.0 Å². The Balaban J connectivity index is 1.86. The second kappa shape index (κ2) is 6.04. The third-order valence-corrected chi connectivity index (χ3v) is 4.30. The molecule has 6 heteroatoms. The maximum absolute atomic E-state index is 12.5. The molecule has 1 aromatic carbocycles. The van der Waals surface area contributed by atoms with Crippen LogP contribution in [0.3, 0.4) is 0 Å². The van der Waals surface area contributed by atoms with Crippen molar-refractivity contribution >= 4 is 5.91 Å². The average molecular weight is 315 g/mol. The van der Waals surface area contributed by atoms with Crippen LogP contribution >= 0.6 is 0 Å². The minimum absolute atomic E-state index is 0.237. The van der Waals surface area contributed by atoms with Crippen molar-refractivity contribution < 1.29 is 14.6 Å². The average Bonchev–Trinajstić information content (AvgIpc) is 2.92. The Labute approximate surface area is 135 Å². The van der Waals surface area contributed by atoms with Gasteiger partial charge in [0, 0.05) is 25.4 Å². The second-order valence-electron chi connectivity index (χ2n) is 6.03. The van der Waals surface area contributed by atoms with Gasteiger partial charge in [0.15, 0.2) is 0 Å². The third-order valence-electron chi connectivity index (χ3n) is 4.30. The Kier molecular flexibility index (Phi) is 4.09. The Morgan fingerprint density at radius 2 is 2.17 bits per heavy atom. The molecule has 0 atom stereocenters. The molecule has 1 saturated carbocycles. The molecule has 0 radical (unpaired) electrons. The van der Waals surface area contributed by atoms with Gasteiger partial charge >= 0.3 is 0 Å². The normalized spacial score (nSPS) is 15.8. The molecule has 0 spiro atoms. The van der Waals surface area contributed by atoms with Crippen LogP contribution in [0.5, 0.6) is 5.75 Å². The van der Waals surface area contributed by atoms with E-state index in [1.165, 1.54) is 0 Å². The molecular weight excluding hydrogens is 294 g/mol. The summed E-state index contributed by atoms with van der Waals surface area (Å²) in [5, 5.41) is 17.3. The Bertz CT molecular complexity index is 720. The molecule has 122 valence electrons. The molecule has 0 bridgehead atoms. The number of amides is 1. The number of hydrogen-bond acceptors (Lipinski definition) is 4. The molecule has 1 fully saturated rings. The zero-order valence-electron chi connectivity index (χ0n) is 13.4. The van der Waals surface area contributed by atoms with Gasteiger partial charge in [0.25, 0.3) is 5.91 Å². The number of methoxy groups -OCH3 is 1. The van der Waals surface area contributed by atoms with Crippen LogP contribution in [0.1, 0.15) is 29.6 Å². The Morgan fingerprint density at radius 3 is 2.83 bits per heavy atom. The molecule has 2 aromatic rings. The summed E-state index contributed by atoms with van der Waals surface area (Å²) >= 11 is 0. The first-order valence-electron chi connectivity index (χ1n) is 7.70. The van der Waals surface area contributed by atoms with Gasteiger partial charge in [0.2, 0.25) is 0 Å². The monoisotopic (exact) mass is 315 g/mol. The van der Waals surface area contributed by atoms with E-state index in [0.29, 0.717) is 17.0 Å². The summed E-state index contributed by atoms with van der Waals surface area (Å²) in [6.45, 7) is 0.270. The van der Waals surface area contributed by atoms with E-state index >= 15 is 0 Å². The van der Waals surface area contributed by atoms with Gasteiger partial charge in [0.1, 0.15) is 11.4 Å². The first-order valence-corrected chi connectivity index (χ1v) is 7.70. The predicted molar refractivity (Wildman–Crippen MR) is 86.3 cm³/mol. The van der Waals surface area contributed by atoms with Gasteiger partial charge in [-0.05, 0) is 31.4 Å². The van der Waals surface area contributed by atoms with E-state index < -0.39 is 5.60 Å². The van der Waals surface area contributed by atoms with Gasteiger partial charge in [-0.2, -0.15) is 5.10 Å². The maximum Gasteiger partial charge on any atom is 0.255 e. The molecule has 3 rings (SSSR count). The van der Waals surface area contributed by atoms with Crippen molar-refractivity contribution in [2.45, 2.75) is 24.9 Å². The van der Waals surface area contributed by atoms with Gasteiger partial charge in [-0.15, -0.1) is 0 Å². The minimum atomic E-state index is -0.748. The van der Waals surface area contributed by atoms with Crippen molar-refractivity contribution in [2.24, 2.45) is 7.05 Å². The largest absolute Gasteiger partial charge is 0.496 e. The molecule has 1 amide bonds. The van der Waals surface area contributed by atoms with Crippen LogP contribution in [0.25, 0.3) is 11.3 Å². The minimum Gasteiger partial charge on any atom is -0.496 e. The SMILES string of the molecule is COc1ccccc1-c1nn(C)cc1C(=O)NCC1(O)CCC1. The highest BCUT2D eigenvalue weighted by molar-refractivity contribution is 6.00. The van der Waals surface area contributed by atoms with E-state index in [9.17, 15) is 9.90 Å². The summed E-state index contributed by atoms with van der Waals surface area (Å²) in [6.07, 6.45) is 4.16. The number of rotatable bonds is 5. The van der Waals surface area contributed by atoms with E-state index in [1.807, 2.05) is 24.3 Å². The second-order valence-corrected chi connectivity index (χ2v) is 6.03. The Hall–Kier alpha value is -2.34. The fourth-order valence-corrected chi connectivity index (χ4v) is 2.80. The van der Waals surface area contributed by atoms with E-state index in [1.54, 1.807) is 25.0 Å². The number of carbonyl (C=O) groups is 1. The maximum atomic E-state index is 12.5. The van der Waals surface area contributed by atoms with Crippen molar-refractivity contribution in [1.82, 2.24) is 15.1 Å². The first-order chi connectivity index (χ1) is 11.0. The zero-order chi connectivity index (χ0) is 16.4. The number of ether oxygens (including phenoxy) is 1. The first kappa shape index (κ1) is 15.6. The third kappa shape index (κ3) is 3.07. The van der Waals surface area contributed by atoms with Gasteiger partial charge in [-0.25, -0.2) is 0 Å². The van der Waals surface area contributed by atoms with Crippen LogP contribution in [0.2, 0.25) is 0 Å². The van der Waals surface area contributed by atoms with Crippen LogP contribution < -0.4 is 10.1 Å². The number of aliphatic hydroxyl groups is 1. The highest BCUT2D eigenvalue weighted by Gasteiger charge is 2.35. The standard InChI is InChI=1S/C17H21N3O3/c1-20-10-13(16(21)18-11-17(22)8-5-9-17)15(19-20)12-6-3-4-7-14(12)23-2/h3-4,6-7,10,22H,5,8-9,11H2,1-2H3,(H,18,21). The summed E-state index contributed by atoms with van der Waals surface area (Å²) in [5.74, 6) is 0.428. The topological polar surface area (TPSA) is 76.4 Å².